The summed E-state index contributed by atoms with van der Waals surface area (Å²) in [5.74, 6) is 0.308. The number of carbonyl (C=O) groups excluding carboxylic acids is 1. The molecule has 0 radical (unpaired) electrons. The summed E-state index contributed by atoms with van der Waals surface area (Å²) in [7, 11) is 0. The number of nitrogens with two attached hydrogens (primary N) is 1. The third-order valence-corrected chi connectivity index (χ3v) is 3.86. The molecule has 1 aromatic carbocycles. The summed E-state index contributed by atoms with van der Waals surface area (Å²) in [5, 5.41) is 2.87. The number of benzene rings is 1. The third kappa shape index (κ3) is 3.70. The molecule has 1 fully saturated rings. The average Bonchev–Trinajstić information content (AvgIpc) is 2.45. The van der Waals surface area contributed by atoms with Crippen molar-refractivity contribution in [3.05, 3.63) is 29.6 Å². The van der Waals surface area contributed by atoms with E-state index in [1.54, 1.807) is 6.92 Å². The van der Waals surface area contributed by atoms with Crippen LogP contribution >= 0.6 is 0 Å². The van der Waals surface area contributed by atoms with E-state index in [4.69, 9.17) is 5.73 Å². The molecular weight excluding hydrogens is 257 g/mol. The van der Waals surface area contributed by atoms with Gasteiger partial charge in [0.15, 0.2) is 0 Å². The highest BCUT2D eigenvalue weighted by Gasteiger charge is 2.21. The highest BCUT2D eigenvalue weighted by molar-refractivity contribution is 5.72. The van der Waals surface area contributed by atoms with Gasteiger partial charge in [-0.3, -0.25) is 4.79 Å². The molecule has 0 unspecified atom stereocenters. The number of rotatable bonds is 4. The van der Waals surface area contributed by atoms with Gasteiger partial charge in [0.2, 0.25) is 5.91 Å². The lowest BCUT2D eigenvalue weighted by atomic mass is 9.95. The summed E-state index contributed by atoms with van der Waals surface area (Å²) in [6.45, 7) is 4.47. The van der Waals surface area contributed by atoms with Gasteiger partial charge in [-0.05, 0) is 42.5 Å². The predicted molar refractivity (Wildman–Crippen MR) is 77.9 cm³/mol. The molecule has 0 aromatic heterocycles. The zero-order valence-electron chi connectivity index (χ0n) is 11.9. The Morgan fingerprint density at radius 3 is 2.75 bits per heavy atom. The van der Waals surface area contributed by atoms with Crippen molar-refractivity contribution in [3.8, 4) is 0 Å². The van der Waals surface area contributed by atoms with Gasteiger partial charge in [0.05, 0.1) is 0 Å². The van der Waals surface area contributed by atoms with Crippen LogP contribution in [0.2, 0.25) is 0 Å². The fraction of sp³-hybridized carbons (Fsp3) is 0.533. The molecule has 1 aliphatic heterocycles. The number of hydrogen-bond acceptors (Lipinski definition) is 3. The quantitative estimate of drug-likeness (QED) is 0.881. The normalized spacial score (nSPS) is 16.2. The van der Waals surface area contributed by atoms with E-state index < -0.39 is 0 Å². The van der Waals surface area contributed by atoms with Gasteiger partial charge in [0.25, 0.3) is 0 Å². The minimum Gasteiger partial charge on any atom is -0.371 e. The molecule has 0 atom stereocenters. The molecule has 0 spiro atoms. The molecule has 1 aliphatic rings. The Labute approximate surface area is 119 Å². The lowest BCUT2D eigenvalue weighted by Crippen LogP contribution is -2.38. The molecular formula is C15H22FN3O. The first-order chi connectivity index (χ1) is 9.60. The van der Waals surface area contributed by atoms with Crippen molar-refractivity contribution in [2.24, 2.45) is 11.7 Å². The van der Waals surface area contributed by atoms with Crippen LogP contribution in [0.15, 0.2) is 18.2 Å². The van der Waals surface area contributed by atoms with Gasteiger partial charge in [-0.2, -0.15) is 0 Å². The molecule has 0 saturated carbocycles. The lowest BCUT2D eigenvalue weighted by molar-refractivity contribution is -0.119. The molecule has 0 bridgehead atoms. The van der Waals surface area contributed by atoms with E-state index in [0.29, 0.717) is 12.5 Å². The summed E-state index contributed by atoms with van der Waals surface area (Å²) in [6.07, 6.45) is 2.06. The molecule has 5 heteroatoms. The van der Waals surface area contributed by atoms with Crippen LogP contribution in [0.5, 0.6) is 0 Å². The molecule has 3 N–H and O–H groups in total. The lowest BCUT2D eigenvalue weighted by Gasteiger charge is -2.34. The summed E-state index contributed by atoms with van der Waals surface area (Å²) in [4.78, 5) is 13.2. The number of halogens is 1. The van der Waals surface area contributed by atoms with Gasteiger partial charge < -0.3 is 16.0 Å². The van der Waals surface area contributed by atoms with E-state index in [-0.39, 0.29) is 11.7 Å². The van der Waals surface area contributed by atoms with Gasteiger partial charge >= 0.3 is 0 Å². The van der Waals surface area contributed by atoms with E-state index in [9.17, 15) is 9.18 Å². The first-order valence-electron chi connectivity index (χ1n) is 7.08. The van der Waals surface area contributed by atoms with E-state index in [1.165, 1.54) is 12.1 Å². The van der Waals surface area contributed by atoms with E-state index in [1.807, 2.05) is 6.07 Å². The molecule has 110 valence electrons. The maximum absolute atomic E-state index is 13.2. The van der Waals surface area contributed by atoms with Crippen LogP contribution in [0.25, 0.3) is 0 Å². The highest BCUT2D eigenvalue weighted by Crippen LogP contribution is 2.26. The Hall–Kier alpha value is -1.62. The maximum atomic E-state index is 13.2. The second-order valence-corrected chi connectivity index (χ2v) is 5.34. The van der Waals surface area contributed by atoms with Crippen LogP contribution in [0.4, 0.5) is 10.1 Å². The highest BCUT2D eigenvalue weighted by atomic mass is 19.1. The smallest absolute Gasteiger partial charge is 0.216 e. The molecule has 20 heavy (non-hydrogen) atoms. The van der Waals surface area contributed by atoms with E-state index in [0.717, 1.165) is 43.7 Å². The van der Waals surface area contributed by atoms with Gasteiger partial charge in [-0.1, -0.05) is 0 Å². The van der Waals surface area contributed by atoms with E-state index in [2.05, 4.69) is 10.2 Å². The Morgan fingerprint density at radius 2 is 2.15 bits per heavy atom. The predicted octanol–water partition coefficient (Wildman–Crippen LogP) is 1.64. The number of piperidine rings is 1. The van der Waals surface area contributed by atoms with Crippen molar-refractivity contribution in [1.82, 2.24) is 5.32 Å². The van der Waals surface area contributed by atoms with Crippen LogP contribution < -0.4 is 16.0 Å². The molecule has 1 saturated heterocycles. The van der Waals surface area contributed by atoms with Crippen LogP contribution in [-0.4, -0.2) is 25.5 Å². The SMILES string of the molecule is CC(=O)NCC1CCN(c2ccc(F)cc2CN)CC1. The van der Waals surface area contributed by atoms with Crippen molar-refractivity contribution in [2.45, 2.75) is 26.3 Å². The van der Waals surface area contributed by atoms with Crippen molar-refractivity contribution in [3.63, 3.8) is 0 Å². The van der Waals surface area contributed by atoms with Gasteiger partial charge in [-0.25, -0.2) is 4.39 Å². The Kier molecular flexibility index (Phi) is 4.95. The number of nitrogens with zero attached hydrogens (tertiary/aromatic N) is 1. The van der Waals surface area contributed by atoms with Crippen LogP contribution in [0, 0.1) is 11.7 Å². The maximum Gasteiger partial charge on any atom is 0.216 e. The molecule has 0 aliphatic carbocycles. The largest absolute Gasteiger partial charge is 0.371 e. The monoisotopic (exact) mass is 279 g/mol. The topological polar surface area (TPSA) is 58.4 Å². The van der Waals surface area contributed by atoms with Gasteiger partial charge in [-0.15, -0.1) is 0 Å². The second-order valence-electron chi connectivity index (χ2n) is 5.34. The second kappa shape index (κ2) is 6.70. The molecule has 2 rings (SSSR count). The summed E-state index contributed by atoms with van der Waals surface area (Å²) in [6, 6.07) is 4.81. The zero-order valence-corrected chi connectivity index (χ0v) is 11.9. The minimum atomic E-state index is -0.241. The number of hydrogen-bond donors (Lipinski definition) is 2. The first-order valence-corrected chi connectivity index (χ1v) is 7.08. The van der Waals surface area contributed by atoms with Crippen molar-refractivity contribution >= 4 is 11.6 Å². The van der Waals surface area contributed by atoms with E-state index >= 15 is 0 Å². The number of anilines is 1. The van der Waals surface area contributed by atoms with Gasteiger partial charge in [0.1, 0.15) is 5.82 Å². The molecule has 1 amide bonds. The zero-order chi connectivity index (χ0) is 14.5. The first kappa shape index (κ1) is 14.8. The van der Waals surface area contributed by atoms with Crippen LogP contribution in [-0.2, 0) is 11.3 Å². The number of nitrogens with one attached hydrogen (secondary N) is 1. The Morgan fingerprint density at radius 1 is 1.45 bits per heavy atom. The Bertz CT molecular complexity index is 470. The summed E-state index contributed by atoms with van der Waals surface area (Å²) in [5.41, 5.74) is 7.58. The van der Waals surface area contributed by atoms with Crippen LogP contribution in [0.3, 0.4) is 0 Å². The number of amides is 1. The average molecular weight is 279 g/mol. The number of carbonyl (C=O) groups is 1. The minimum absolute atomic E-state index is 0.0244. The third-order valence-electron chi connectivity index (χ3n) is 3.86. The Balaban J connectivity index is 1.95. The van der Waals surface area contributed by atoms with Crippen LogP contribution in [0.1, 0.15) is 25.3 Å². The summed E-state index contributed by atoms with van der Waals surface area (Å²) < 4.78 is 13.2. The standard InChI is InChI=1S/C15H22FN3O/c1-11(20)18-10-12-4-6-19(7-5-12)15-3-2-14(16)8-13(15)9-17/h2-3,8,12H,4-7,9-10,17H2,1H3,(H,18,20). The van der Waals surface area contributed by atoms with Crippen molar-refractivity contribution in [1.29, 1.82) is 0 Å². The molecule has 1 aromatic rings. The van der Waals surface area contributed by atoms with Gasteiger partial charge in [0, 0.05) is 38.8 Å². The molecule has 1 heterocycles. The van der Waals surface area contributed by atoms with Crippen molar-refractivity contribution < 1.29 is 9.18 Å². The summed E-state index contributed by atoms with van der Waals surface area (Å²) >= 11 is 0. The van der Waals surface area contributed by atoms with Crippen molar-refractivity contribution in [2.75, 3.05) is 24.5 Å². The molecule has 4 nitrogen and oxygen atoms in total. The fourth-order valence-corrected chi connectivity index (χ4v) is 2.69. The fourth-order valence-electron chi connectivity index (χ4n) is 2.69.